The van der Waals surface area contributed by atoms with Crippen LogP contribution in [0.15, 0.2) is 0 Å². The predicted molar refractivity (Wildman–Crippen MR) is 54.6 cm³/mol. The van der Waals surface area contributed by atoms with E-state index in [2.05, 4.69) is 5.10 Å². The number of halogens is 2. The van der Waals surface area contributed by atoms with Gasteiger partial charge in [-0.15, -0.1) is 0 Å². The first-order valence-corrected chi connectivity index (χ1v) is 4.80. The zero-order valence-electron chi connectivity index (χ0n) is 7.65. The molecule has 0 aliphatic rings. The summed E-state index contributed by atoms with van der Waals surface area (Å²) in [7, 11) is 1.75. The van der Waals surface area contributed by atoms with Crippen molar-refractivity contribution in [2.24, 2.45) is 7.05 Å². The third-order valence-corrected chi connectivity index (χ3v) is 2.81. The molecule has 0 bridgehead atoms. The van der Waals surface area contributed by atoms with Crippen molar-refractivity contribution in [2.75, 3.05) is 0 Å². The molecule has 0 saturated heterocycles. The standard InChI is InChI=1S/C8H12FIN2/c1-8(2,3)6-5(9)7(10)12(4)11-6/h1-4H3. The first kappa shape index (κ1) is 9.95. The topological polar surface area (TPSA) is 17.8 Å². The van der Waals surface area contributed by atoms with Gasteiger partial charge in [0.2, 0.25) is 0 Å². The lowest BCUT2D eigenvalue weighted by molar-refractivity contribution is 0.507. The van der Waals surface area contributed by atoms with E-state index in [1.807, 2.05) is 43.4 Å². The smallest absolute Gasteiger partial charge is 0.178 e. The molecule has 68 valence electrons. The highest BCUT2D eigenvalue weighted by molar-refractivity contribution is 14.1. The van der Waals surface area contributed by atoms with Gasteiger partial charge in [-0.1, -0.05) is 20.8 Å². The second-order valence-electron chi connectivity index (χ2n) is 3.83. The van der Waals surface area contributed by atoms with Gasteiger partial charge in [0, 0.05) is 12.5 Å². The molecular formula is C8H12FIN2. The molecule has 0 aliphatic carbocycles. The van der Waals surface area contributed by atoms with Crippen LogP contribution in [0, 0.1) is 9.52 Å². The number of nitrogens with zero attached hydrogens (tertiary/aromatic N) is 2. The minimum absolute atomic E-state index is 0.189. The van der Waals surface area contributed by atoms with Gasteiger partial charge in [-0.3, -0.25) is 4.68 Å². The quantitative estimate of drug-likeness (QED) is 0.668. The van der Waals surface area contributed by atoms with E-state index in [9.17, 15) is 4.39 Å². The van der Waals surface area contributed by atoms with Crippen molar-refractivity contribution < 1.29 is 4.39 Å². The van der Waals surface area contributed by atoms with Crippen LogP contribution in [0.25, 0.3) is 0 Å². The molecule has 0 spiro atoms. The van der Waals surface area contributed by atoms with E-state index in [1.165, 1.54) is 0 Å². The van der Waals surface area contributed by atoms with Crippen LogP contribution in [-0.2, 0) is 12.5 Å². The van der Waals surface area contributed by atoms with E-state index in [1.54, 1.807) is 11.7 Å². The van der Waals surface area contributed by atoms with Gasteiger partial charge >= 0.3 is 0 Å². The van der Waals surface area contributed by atoms with Gasteiger partial charge < -0.3 is 0 Å². The number of hydrogen-bond donors (Lipinski definition) is 0. The SMILES string of the molecule is Cn1nc(C(C)(C)C)c(F)c1I. The Morgan fingerprint density at radius 2 is 1.92 bits per heavy atom. The van der Waals surface area contributed by atoms with Crippen LogP contribution >= 0.6 is 22.6 Å². The monoisotopic (exact) mass is 282 g/mol. The van der Waals surface area contributed by atoms with Gasteiger partial charge in [-0.2, -0.15) is 5.10 Å². The maximum Gasteiger partial charge on any atom is 0.178 e. The fourth-order valence-corrected chi connectivity index (χ4v) is 1.32. The summed E-state index contributed by atoms with van der Waals surface area (Å²) in [5, 5.41) is 4.12. The average molecular weight is 282 g/mol. The number of rotatable bonds is 0. The molecule has 0 aliphatic heterocycles. The van der Waals surface area contributed by atoms with Crippen molar-refractivity contribution in [3.8, 4) is 0 Å². The molecule has 12 heavy (non-hydrogen) atoms. The normalized spacial score (nSPS) is 12.2. The maximum atomic E-state index is 13.4. The van der Waals surface area contributed by atoms with E-state index < -0.39 is 0 Å². The number of aryl methyl sites for hydroxylation is 1. The van der Waals surface area contributed by atoms with Crippen LogP contribution in [0.3, 0.4) is 0 Å². The minimum atomic E-state index is -0.217. The average Bonchev–Trinajstić information content (AvgIpc) is 2.15. The lowest BCUT2D eigenvalue weighted by Gasteiger charge is -2.14. The summed E-state index contributed by atoms with van der Waals surface area (Å²) in [6, 6.07) is 0. The summed E-state index contributed by atoms with van der Waals surface area (Å²) in [6.45, 7) is 5.86. The molecular weight excluding hydrogens is 270 g/mol. The van der Waals surface area contributed by atoms with Crippen molar-refractivity contribution in [1.29, 1.82) is 0 Å². The predicted octanol–water partition coefficient (Wildman–Crippen LogP) is 2.46. The first-order valence-electron chi connectivity index (χ1n) is 3.72. The third kappa shape index (κ3) is 1.62. The molecule has 4 heteroatoms. The van der Waals surface area contributed by atoms with Gasteiger partial charge in [-0.05, 0) is 22.6 Å². The summed E-state index contributed by atoms with van der Waals surface area (Å²) >= 11 is 1.96. The zero-order chi connectivity index (χ0) is 9.52. The van der Waals surface area contributed by atoms with E-state index in [0.29, 0.717) is 9.39 Å². The van der Waals surface area contributed by atoms with Crippen molar-refractivity contribution in [1.82, 2.24) is 9.78 Å². The Morgan fingerprint density at radius 3 is 2.08 bits per heavy atom. The lowest BCUT2D eigenvalue weighted by Crippen LogP contribution is -2.14. The number of hydrogen-bond acceptors (Lipinski definition) is 1. The Morgan fingerprint density at radius 1 is 1.42 bits per heavy atom. The molecule has 0 atom stereocenters. The molecule has 2 nitrogen and oxygen atoms in total. The molecule has 0 amide bonds. The summed E-state index contributed by atoms with van der Waals surface area (Å²) in [4.78, 5) is 0. The second kappa shape index (κ2) is 2.97. The van der Waals surface area contributed by atoms with E-state index in [0.717, 1.165) is 0 Å². The van der Waals surface area contributed by atoms with E-state index in [-0.39, 0.29) is 11.2 Å². The zero-order valence-corrected chi connectivity index (χ0v) is 9.81. The second-order valence-corrected chi connectivity index (χ2v) is 4.85. The Bertz CT molecular complexity index is 299. The minimum Gasteiger partial charge on any atom is -0.259 e. The molecule has 1 aromatic rings. The van der Waals surface area contributed by atoms with E-state index in [4.69, 9.17) is 0 Å². The molecule has 1 heterocycles. The van der Waals surface area contributed by atoms with Gasteiger partial charge in [-0.25, -0.2) is 4.39 Å². The first-order chi connectivity index (χ1) is 5.34. The fourth-order valence-electron chi connectivity index (χ4n) is 0.957. The van der Waals surface area contributed by atoms with Gasteiger partial charge in [0.25, 0.3) is 0 Å². The van der Waals surface area contributed by atoms with Gasteiger partial charge in [0.15, 0.2) is 5.82 Å². The number of aromatic nitrogens is 2. The van der Waals surface area contributed by atoms with Crippen LogP contribution in [-0.4, -0.2) is 9.78 Å². The van der Waals surface area contributed by atoms with Gasteiger partial charge in [0.1, 0.15) is 9.39 Å². The van der Waals surface area contributed by atoms with Crippen molar-refractivity contribution >= 4 is 22.6 Å². The van der Waals surface area contributed by atoms with Crippen LogP contribution in [0.1, 0.15) is 26.5 Å². The molecule has 0 unspecified atom stereocenters. The highest BCUT2D eigenvalue weighted by Crippen LogP contribution is 2.25. The summed E-state index contributed by atoms with van der Waals surface area (Å²) in [5.41, 5.74) is 0.319. The molecule has 0 aromatic carbocycles. The highest BCUT2D eigenvalue weighted by atomic mass is 127. The van der Waals surface area contributed by atoms with Crippen molar-refractivity contribution in [3.63, 3.8) is 0 Å². The largest absolute Gasteiger partial charge is 0.259 e. The fraction of sp³-hybridized carbons (Fsp3) is 0.625. The maximum absolute atomic E-state index is 13.4. The Balaban J connectivity index is 3.28. The van der Waals surface area contributed by atoms with Crippen LogP contribution in [0.2, 0.25) is 0 Å². The van der Waals surface area contributed by atoms with Gasteiger partial charge in [0.05, 0.1) is 0 Å². The molecule has 0 radical (unpaired) electrons. The molecule has 0 saturated carbocycles. The molecule has 0 N–H and O–H groups in total. The Labute approximate surface area is 85.3 Å². The summed E-state index contributed by atoms with van der Waals surface area (Å²) in [5.74, 6) is -0.189. The van der Waals surface area contributed by atoms with Crippen molar-refractivity contribution in [3.05, 3.63) is 15.2 Å². The summed E-state index contributed by atoms with van der Waals surface area (Å²) < 4.78 is 15.6. The Hall–Kier alpha value is -0.130. The summed E-state index contributed by atoms with van der Waals surface area (Å²) in [6.07, 6.45) is 0. The highest BCUT2D eigenvalue weighted by Gasteiger charge is 2.24. The van der Waals surface area contributed by atoms with Crippen LogP contribution in [0.5, 0.6) is 0 Å². The third-order valence-electron chi connectivity index (χ3n) is 1.63. The molecule has 1 aromatic heterocycles. The molecule has 1 rings (SSSR count). The van der Waals surface area contributed by atoms with Crippen LogP contribution < -0.4 is 0 Å². The van der Waals surface area contributed by atoms with Crippen LogP contribution in [0.4, 0.5) is 4.39 Å². The molecule has 0 fully saturated rings. The Kier molecular flexibility index (Phi) is 2.47. The van der Waals surface area contributed by atoms with E-state index >= 15 is 0 Å². The van der Waals surface area contributed by atoms with Crippen molar-refractivity contribution in [2.45, 2.75) is 26.2 Å². The lowest BCUT2D eigenvalue weighted by atomic mass is 9.92.